The zero-order valence-corrected chi connectivity index (χ0v) is 12.7. The van der Waals surface area contributed by atoms with Gasteiger partial charge in [0.15, 0.2) is 0 Å². The highest BCUT2D eigenvalue weighted by molar-refractivity contribution is 5.97. The second-order valence-electron chi connectivity index (χ2n) is 5.49. The molecule has 4 rings (SSSR count). The van der Waals surface area contributed by atoms with Crippen molar-refractivity contribution in [1.29, 1.82) is 0 Å². The average Bonchev–Trinajstić information content (AvgIpc) is 3.11. The summed E-state index contributed by atoms with van der Waals surface area (Å²) in [7, 11) is 0. The first kappa shape index (κ1) is 14.2. The Hall–Kier alpha value is -3.41. The Morgan fingerprint density at radius 3 is 2.79 bits per heavy atom. The smallest absolute Gasteiger partial charge is 0.272 e. The number of carbonyl (C=O) groups excluding carboxylic acids is 1. The fourth-order valence-corrected chi connectivity index (χ4v) is 2.73. The van der Waals surface area contributed by atoms with Gasteiger partial charge >= 0.3 is 0 Å². The Balaban J connectivity index is 1.66. The number of rotatable bonds is 3. The first-order valence-electron chi connectivity index (χ1n) is 7.52. The summed E-state index contributed by atoms with van der Waals surface area (Å²) in [5, 5.41) is 2.86. The molecule has 6 heteroatoms. The molecule has 0 spiro atoms. The Kier molecular flexibility index (Phi) is 3.35. The standard InChI is InChI=1S/C18H14N4O2/c23-17(20-11-12-5-7-19-8-6-12)13-3-4-15-14(10-13)21-18(24)16-2-1-9-22(15)16/h1-10H,11H2,(H,20,23)(H,21,24). The van der Waals surface area contributed by atoms with E-state index >= 15 is 0 Å². The van der Waals surface area contributed by atoms with Crippen LogP contribution in [0.4, 0.5) is 0 Å². The van der Waals surface area contributed by atoms with Crippen LogP contribution in [-0.2, 0) is 6.54 Å². The number of hydrogen-bond donors (Lipinski definition) is 2. The monoisotopic (exact) mass is 318 g/mol. The molecule has 6 nitrogen and oxygen atoms in total. The molecule has 0 atom stereocenters. The summed E-state index contributed by atoms with van der Waals surface area (Å²) in [4.78, 5) is 31.2. The lowest BCUT2D eigenvalue weighted by atomic mass is 10.1. The number of aromatic nitrogens is 3. The normalized spacial score (nSPS) is 11.0. The molecule has 0 aliphatic heterocycles. The molecule has 0 saturated heterocycles. The molecule has 0 aliphatic carbocycles. The van der Waals surface area contributed by atoms with E-state index in [1.807, 2.05) is 34.9 Å². The van der Waals surface area contributed by atoms with Crippen LogP contribution in [0.2, 0.25) is 0 Å². The van der Waals surface area contributed by atoms with Gasteiger partial charge in [-0.1, -0.05) is 0 Å². The predicted molar refractivity (Wildman–Crippen MR) is 90.9 cm³/mol. The number of hydrogen-bond acceptors (Lipinski definition) is 3. The van der Waals surface area contributed by atoms with Crippen LogP contribution < -0.4 is 10.9 Å². The van der Waals surface area contributed by atoms with Crippen molar-refractivity contribution in [2.24, 2.45) is 0 Å². The van der Waals surface area contributed by atoms with Crippen molar-refractivity contribution in [3.63, 3.8) is 0 Å². The van der Waals surface area contributed by atoms with Gasteiger partial charge in [-0.25, -0.2) is 0 Å². The summed E-state index contributed by atoms with van der Waals surface area (Å²) in [6.45, 7) is 0.423. The molecule has 0 radical (unpaired) electrons. The lowest BCUT2D eigenvalue weighted by Gasteiger charge is -2.07. The number of aromatic amines is 1. The fourth-order valence-electron chi connectivity index (χ4n) is 2.73. The first-order valence-corrected chi connectivity index (χ1v) is 7.52. The molecule has 0 unspecified atom stereocenters. The SMILES string of the molecule is O=C(NCc1ccncc1)c1ccc2c(c1)[nH]c(=O)c1cccn12. The minimum absolute atomic E-state index is 0.179. The molecule has 4 aromatic rings. The van der Waals surface area contributed by atoms with Crippen molar-refractivity contribution in [1.82, 2.24) is 19.7 Å². The van der Waals surface area contributed by atoms with Gasteiger partial charge in [0.1, 0.15) is 5.52 Å². The molecule has 118 valence electrons. The van der Waals surface area contributed by atoms with E-state index in [0.29, 0.717) is 23.1 Å². The van der Waals surface area contributed by atoms with E-state index < -0.39 is 0 Å². The first-order chi connectivity index (χ1) is 11.7. The molecule has 2 N–H and O–H groups in total. The van der Waals surface area contributed by atoms with E-state index in [-0.39, 0.29) is 11.5 Å². The fraction of sp³-hybridized carbons (Fsp3) is 0.0556. The van der Waals surface area contributed by atoms with Gasteiger partial charge < -0.3 is 14.7 Å². The maximum Gasteiger partial charge on any atom is 0.272 e. The summed E-state index contributed by atoms with van der Waals surface area (Å²) >= 11 is 0. The van der Waals surface area contributed by atoms with Gasteiger partial charge in [-0.3, -0.25) is 14.6 Å². The van der Waals surface area contributed by atoms with Crippen LogP contribution in [-0.4, -0.2) is 20.3 Å². The molecule has 0 fully saturated rings. The van der Waals surface area contributed by atoms with Crippen molar-refractivity contribution in [3.8, 4) is 0 Å². The van der Waals surface area contributed by atoms with E-state index in [0.717, 1.165) is 11.1 Å². The van der Waals surface area contributed by atoms with Crippen LogP contribution >= 0.6 is 0 Å². The van der Waals surface area contributed by atoms with E-state index in [9.17, 15) is 9.59 Å². The van der Waals surface area contributed by atoms with Crippen LogP contribution in [0.15, 0.2) is 65.8 Å². The third-order valence-electron chi connectivity index (χ3n) is 3.95. The highest BCUT2D eigenvalue weighted by Gasteiger charge is 2.09. The number of amides is 1. The van der Waals surface area contributed by atoms with Gasteiger partial charge in [-0.2, -0.15) is 0 Å². The third kappa shape index (κ3) is 2.44. The largest absolute Gasteiger partial charge is 0.348 e. The second kappa shape index (κ2) is 5.66. The van der Waals surface area contributed by atoms with Crippen molar-refractivity contribution < 1.29 is 4.79 Å². The lowest BCUT2D eigenvalue weighted by molar-refractivity contribution is 0.0951. The van der Waals surface area contributed by atoms with Gasteiger partial charge in [0.25, 0.3) is 11.5 Å². The summed E-state index contributed by atoms with van der Waals surface area (Å²) in [5.74, 6) is -0.192. The summed E-state index contributed by atoms with van der Waals surface area (Å²) in [6.07, 6.45) is 5.20. The number of nitrogens with zero attached hydrogens (tertiary/aromatic N) is 2. The maximum atomic E-state index is 12.3. The number of carbonyl (C=O) groups is 1. The minimum atomic E-state index is -0.192. The number of fused-ring (bicyclic) bond motifs is 3. The minimum Gasteiger partial charge on any atom is -0.348 e. The Morgan fingerprint density at radius 2 is 1.96 bits per heavy atom. The summed E-state index contributed by atoms with van der Waals surface area (Å²) in [6, 6.07) is 12.6. The average molecular weight is 318 g/mol. The van der Waals surface area contributed by atoms with E-state index in [1.165, 1.54) is 0 Å². The molecule has 3 heterocycles. The number of benzene rings is 1. The van der Waals surface area contributed by atoms with Gasteiger partial charge in [0.05, 0.1) is 11.0 Å². The van der Waals surface area contributed by atoms with Crippen LogP contribution in [0.1, 0.15) is 15.9 Å². The molecule has 3 aromatic heterocycles. The highest BCUT2D eigenvalue weighted by atomic mass is 16.1. The Bertz CT molecular complexity index is 1100. The predicted octanol–water partition coefficient (Wildman–Crippen LogP) is 2.11. The van der Waals surface area contributed by atoms with Crippen LogP contribution in [0.5, 0.6) is 0 Å². The molecule has 0 saturated carbocycles. The molecule has 0 aliphatic rings. The number of nitrogens with one attached hydrogen (secondary N) is 2. The van der Waals surface area contributed by atoms with E-state index in [1.54, 1.807) is 30.6 Å². The number of pyridine rings is 1. The van der Waals surface area contributed by atoms with E-state index in [4.69, 9.17) is 0 Å². The van der Waals surface area contributed by atoms with E-state index in [2.05, 4.69) is 15.3 Å². The molecule has 1 aromatic carbocycles. The van der Waals surface area contributed by atoms with Crippen LogP contribution in [0.3, 0.4) is 0 Å². The molecule has 24 heavy (non-hydrogen) atoms. The van der Waals surface area contributed by atoms with Crippen LogP contribution in [0, 0.1) is 0 Å². The number of H-pyrrole nitrogens is 1. The Morgan fingerprint density at radius 1 is 1.12 bits per heavy atom. The Labute approximate surface area is 136 Å². The third-order valence-corrected chi connectivity index (χ3v) is 3.95. The zero-order valence-electron chi connectivity index (χ0n) is 12.7. The van der Waals surface area contributed by atoms with Gasteiger partial charge in [0, 0.05) is 30.7 Å². The highest BCUT2D eigenvalue weighted by Crippen LogP contribution is 2.15. The molecule has 1 amide bonds. The summed E-state index contributed by atoms with van der Waals surface area (Å²) in [5.41, 5.74) is 3.35. The van der Waals surface area contributed by atoms with Crippen molar-refractivity contribution in [2.45, 2.75) is 6.54 Å². The maximum absolute atomic E-state index is 12.3. The van der Waals surface area contributed by atoms with Gasteiger partial charge in [0.2, 0.25) is 0 Å². The van der Waals surface area contributed by atoms with Gasteiger partial charge in [-0.05, 0) is 48.0 Å². The van der Waals surface area contributed by atoms with Gasteiger partial charge in [-0.15, -0.1) is 0 Å². The lowest BCUT2D eigenvalue weighted by Crippen LogP contribution is -2.23. The summed E-state index contributed by atoms with van der Waals surface area (Å²) < 4.78 is 1.81. The van der Waals surface area contributed by atoms with Crippen molar-refractivity contribution in [2.75, 3.05) is 0 Å². The second-order valence-corrected chi connectivity index (χ2v) is 5.49. The van der Waals surface area contributed by atoms with Crippen molar-refractivity contribution in [3.05, 3.63) is 82.5 Å². The molecule has 0 bridgehead atoms. The molecular weight excluding hydrogens is 304 g/mol. The zero-order chi connectivity index (χ0) is 16.5. The molecular formula is C18H14N4O2. The van der Waals surface area contributed by atoms with Crippen molar-refractivity contribution >= 4 is 22.5 Å². The quantitative estimate of drug-likeness (QED) is 0.607. The topological polar surface area (TPSA) is 79.3 Å². The van der Waals surface area contributed by atoms with Crippen LogP contribution in [0.25, 0.3) is 16.6 Å².